The second kappa shape index (κ2) is 4.20. The van der Waals surface area contributed by atoms with Crippen molar-refractivity contribution in [3.63, 3.8) is 0 Å². The van der Waals surface area contributed by atoms with Gasteiger partial charge in [-0.3, -0.25) is 0 Å². The zero-order valence-corrected chi connectivity index (χ0v) is 10.7. The van der Waals surface area contributed by atoms with Gasteiger partial charge >= 0.3 is 0 Å². The number of aromatic nitrogens is 1. The maximum atomic E-state index is 13.0. The van der Waals surface area contributed by atoms with Gasteiger partial charge in [0, 0.05) is 16.6 Å². The highest BCUT2D eigenvalue weighted by Crippen LogP contribution is 2.27. The molecule has 1 nitrogen and oxygen atoms in total. The molecular weight excluding hydrogens is 249 g/mol. The van der Waals surface area contributed by atoms with Crippen LogP contribution in [0.2, 0.25) is 0 Å². The fourth-order valence-corrected chi connectivity index (χ4v) is 2.61. The van der Waals surface area contributed by atoms with E-state index in [1.807, 2.05) is 12.1 Å². The molecule has 0 unspecified atom stereocenters. The molecular formula is C18H12FN. The van der Waals surface area contributed by atoms with E-state index in [0.717, 1.165) is 16.8 Å². The summed E-state index contributed by atoms with van der Waals surface area (Å²) in [6.07, 6.45) is 0. The van der Waals surface area contributed by atoms with Gasteiger partial charge in [-0.1, -0.05) is 24.3 Å². The summed E-state index contributed by atoms with van der Waals surface area (Å²) in [4.78, 5) is 3.40. The van der Waals surface area contributed by atoms with Crippen molar-refractivity contribution in [1.82, 2.24) is 4.98 Å². The molecule has 1 N–H and O–H groups in total. The first-order valence-electron chi connectivity index (χ1n) is 6.57. The van der Waals surface area contributed by atoms with Gasteiger partial charge in [-0.15, -0.1) is 0 Å². The van der Waals surface area contributed by atoms with Crippen molar-refractivity contribution in [2.24, 2.45) is 0 Å². The Hall–Kier alpha value is -2.61. The summed E-state index contributed by atoms with van der Waals surface area (Å²) in [5, 5.41) is 3.61. The summed E-state index contributed by atoms with van der Waals surface area (Å²) in [5.74, 6) is -0.212. The van der Waals surface area contributed by atoms with Gasteiger partial charge in [0.1, 0.15) is 5.82 Å². The molecule has 0 aliphatic heterocycles. The van der Waals surface area contributed by atoms with Crippen LogP contribution in [0.25, 0.3) is 32.9 Å². The van der Waals surface area contributed by atoms with Gasteiger partial charge in [-0.2, -0.15) is 0 Å². The zero-order chi connectivity index (χ0) is 13.5. The minimum atomic E-state index is -0.212. The highest BCUT2D eigenvalue weighted by Gasteiger charge is 2.05. The van der Waals surface area contributed by atoms with Crippen LogP contribution in [0.1, 0.15) is 0 Å². The molecule has 0 fully saturated rings. The molecule has 20 heavy (non-hydrogen) atoms. The molecule has 0 aliphatic carbocycles. The molecule has 0 aliphatic rings. The predicted molar refractivity (Wildman–Crippen MR) is 81.2 cm³/mol. The Bertz CT molecular complexity index is 851. The molecule has 0 amide bonds. The maximum Gasteiger partial charge on any atom is 0.123 e. The lowest BCUT2D eigenvalue weighted by Crippen LogP contribution is -1.78. The number of hydrogen-bond acceptors (Lipinski definition) is 0. The average Bonchev–Trinajstić information content (AvgIpc) is 2.88. The van der Waals surface area contributed by atoms with Crippen LogP contribution in [-0.2, 0) is 0 Å². The fourth-order valence-electron chi connectivity index (χ4n) is 2.61. The Morgan fingerprint density at radius 2 is 1.40 bits per heavy atom. The number of aromatic amines is 1. The number of rotatable bonds is 1. The minimum Gasteiger partial charge on any atom is -0.355 e. The van der Waals surface area contributed by atoms with Crippen molar-refractivity contribution in [3.05, 3.63) is 72.5 Å². The molecule has 0 radical (unpaired) electrons. The summed E-state index contributed by atoms with van der Waals surface area (Å²) in [7, 11) is 0. The van der Waals surface area contributed by atoms with Crippen LogP contribution in [0.3, 0.4) is 0 Å². The highest BCUT2D eigenvalue weighted by molar-refractivity contribution is 5.98. The SMILES string of the molecule is Fc1ccc(-c2cc3cc4ccccc4cc3[nH]2)cc1. The van der Waals surface area contributed by atoms with E-state index in [1.54, 1.807) is 12.1 Å². The summed E-state index contributed by atoms with van der Waals surface area (Å²) in [6.45, 7) is 0. The van der Waals surface area contributed by atoms with E-state index in [4.69, 9.17) is 0 Å². The monoisotopic (exact) mass is 261 g/mol. The molecule has 0 bridgehead atoms. The molecule has 96 valence electrons. The topological polar surface area (TPSA) is 15.8 Å². The van der Waals surface area contributed by atoms with Gasteiger partial charge in [-0.05, 0) is 58.8 Å². The Kier molecular flexibility index (Phi) is 2.36. The molecule has 1 aromatic heterocycles. The van der Waals surface area contributed by atoms with Crippen LogP contribution in [0.5, 0.6) is 0 Å². The normalized spacial score (nSPS) is 11.2. The van der Waals surface area contributed by atoms with E-state index >= 15 is 0 Å². The largest absolute Gasteiger partial charge is 0.355 e. The summed E-state index contributed by atoms with van der Waals surface area (Å²) in [6, 6.07) is 21.3. The number of nitrogens with one attached hydrogen (secondary N) is 1. The van der Waals surface area contributed by atoms with Crippen molar-refractivity contribution in [3.8, 4) is 11.3 Å². The third-order valence-corrected chi connectivity index (χ3v) is 3.64. The smallest absolute Gasteiger partial charge is 0.123 e. The zero-order valence-electron chi connectivity index (χ0n) is 10.7. The first kappa shape index (κ1) is 11.2. The predicted octanol–water partition coefficient (Wildman–Crippen LogP) is 5.13. The van der Waals surface area contributed by atoms with E-state index < -0.39 is 0 Å². The molecule has 3 aromatic carbocycles. The van der Waals surface area contributed by atoms with E-state index in [-0.39, 0.29) is 5.82 Å². The first-order chi connectivity index (χ1) is 9.79. The lowest BCUT2D eigenvalue weighted by atomic mass is 10.1. The maximum absolute atomic E-state index is 13.0. The van der Waals surface area contributed by atoms with Crippen LogP contribution >= 0.6 is 0 Å². The second-order valence-electron chi connectivity index (χ2n) is 4.98. The van der Waals surface area contributed by atoms with Gasteiger partial charge in [0.15, 0.2) is 0 Å². The Balaban J connectivity index is 1.93. The van der Waals surface area contributed by atoms with Gasteiger partial charge in [0.25, 0.3) is 0 Å². The number of fused-ring (bicyclic) bond motifs is 2. The molecule has 0 saturated carbocycles. The van der Waals surface area contributed by atoms with E-state index in [1.165, 1.54) is 28.3 Å². The van der Waals surface area contributed by atoms with E-state index in [0.29, 0.717) is 0 Å². The molecule has 1 heterocycles. The molecule has 4 aromatic rings. The van der Waals surface area contributed by atoms with Crippen LogP contribution in [0.4, 0.5) is 4.39 Å². The third-order valence-electron chi connectivity index (χ3n) is 3.64. The van der Waals surface area contributed by atoms with Crippen molar-refractivity contribution in [2.45, 2.75) is 0 Å². The average molecular weight is 261 g/mol. The minimum absolute atomic E-state index is 0.212. The molecule has 4 rings (SSSR count). The Labute approximate surface area is 115 Å². The number of halogens is 1. The molecule has 2 heteroatoms. The molecule has 0 atom stereocenters. The lowest BCUT2D eigenvalue weighted by molar-refractivity contribution is 0.628. The van der Waals surface area contributed by atoms with Crippen LogP contribution in [0.15, 0.2) is 66.7 Å². The Morgan fingerprint density at radius 1 is 0.700 bits per heavy atom. The Morgan fingerprint density at radius 3 is 2.15 bits per heavy atom. The van der Waals surface area contributed by atoms with Crippen molar-refractivity contribution in [2.75, 3.05) is 0 Å². The fraction of sp³-hybridized carbons (Fsp3) is 0. The van der Waals surface area contributed by atoms with Gasteiger partial charge < -0.3 is 4.98 Å². The lowest BCUT2D eigenvalue weighted by Gasteiger charge is -1.97. The number of benzene rings is 3. The second-order valence-corrected chi connectivity index (χ2v) is 4.98. The summed E-state index contributed by atoms with van der Waals surface area (Å²) >= 11 is 0. The van der Waals surface area contributed by atoms with E-state index in [9.17, 15) is 4.39 Å². The van der Waals surface area contributed by atoms with Gasteiger partial charge in [0.05, 0.1) is 0 Å². The first-order valence-corrected chi connectivity index (χ1v) is 6.57. The highest BCUT2D eigenvalue weighted by atomic mass is 19.1. The summed E-state index contributed by atoms with van der Waals surface area (Å²) < 4.78 is 13.0. The quantitative estimate of drug-likeness (QED) is 0.489. The van der Waals surface area contributed by atoms with Crippen LogP contribution in [-0.4, -0.2) is 4.98 Å². The van der Waals surface area contributed by atoms with Gasteiger partial charge in [0.2, 0.25) is 0 Å². The van der Waals surface area contributed by atoms with Crippen LogP contribution < -0.4 is 0 Å². The van der Waals surface area contributed by atoms with Crippen LogP contribution in [0, 0.1) is 5.82 Å². The molecule has 0 spiro atoms. The summed E-state index contributed by atoms with van der Waals surface area (Å²) in [5.41, 5.74) is 3.10. The van der Waals surface area contributed by atoms with Gasteiger partial charge in [-0.25, -0.2) is 4.39 Å². The molecule has 0 saturated heterocycles. The number of H-pyrrole nitrogens is 1. The van der Waals surface area contributed by atoms with Crippen molar-refractivity contribution < 1.29 is 4.39 Å². The van der Waals surface area contributed by atoms with Crippen molar-refractivity contribution in [1.29, 1.82) is 0 Å². The van der Waals surface area contributed by atoms with E-state index in [2.05, 4.69) is 35.3 Å². The van der Waals surface area contributed by atoms with Crippen molar-refractivity contribution >= 4 is 21.7 Å². The third kappa shape index (κ3) is 1.77. The number of hydrogen-bond donors (Lipinski definition) is 1. The standard InChI is InChI=1S/C18H12FN/c19-16-7-5-12(6-8-16)17-11-15-9-13-3-1-2-4-14(13)10-18(15)20-17/h1-11,20H.